The van der Waals surface area contributed by atoms with Crippen molar-refractivity contribution in [3.05, 3.63) is 106 Å². The van der Waals surface area contributed by atoms with E-state index >= 15 is 0 Å². The molecule has 1 saturated heterocycles. The van der Waals surface area contributed by atoms with Crippen LogP contribution in [0.3, 0.4) is 0 Å². The molecular weight excluding hydrogens is 909 g/mol. The van der Waals surface area contributed by atoms with Gasteiger partial charge in [0.1, 0.15) is 34.3 Å². The number of phenols is 1. The minimum atomic E-state index is -2.46. The Morgan fingerprint density at radius 2 is 1.66 bits per heavy atom. The molecule has 5 aliphatic rings. The van der Waals surface area contributed by atoms with Crippen molar-refractivity contribution < 1.29 is 72.6 Å². The van der Waals surface area contributed by atoms with Crippen LogP contribution in [-0.2, 0) is 30.3 Å². The van der Waals surface area contributed by atoms with E-state index in [1.807, 2.05) is 0 Å². The van der Waals surface area contributed by atoms with Crippen molar-refractivity contribution in [2.75, 3.05) is 40.5 Å². The molecule has 3 aromatic rings. The zero-order valence-electron chi connectivity index (χ0n) is 40.5. The number of aromatic hydroxyl groups is 1. The number of benzene rings is 2. The smallest absolute Gasteiger partial charge is 0.312 e. The third-order valence-electron chi connectivity index (χ3n) is 14.0. The van der Waals surface area contributed by atoms with E-state index in [4.69, 9.17) is 28.2 Å². The molecule has 4 aliphatic heterocycles. The molecule has 6 N–H and O–H groups in total. The number of Topliss-reactive ketones (excluding diaryl/α,β-unsaturated/α-hetero) is 3. The van der Waals surface area contributed by atoms with Crippen molar-refractivity contribution in [1.29, 1.82) is 0 Å². The van der Waals surface area contributed by atoms with Crippen LogP contribution in [0.4, 0.5) is 0 Å². The Kier molecular flexibility index (Phi) is 14.9. The maximum absolute atomic E-state index is 14.8. The van der Waals surface area contributed by atoms with Gasteiger partial charge in [0.2, 0.25) is 11.6 Å². The molecule has 8 rings (SSSR count). The first kappa shape index (κ1) is 51.2. The van der Waals surface area contributed by atoms with E-state index in [9.17, 15) is 44.4 Å². The summed E-state index contributed by atoms with van der Waals surface area (Å²) < 4.78 is 34.4. The Morgan fingerprint density at radius 3 is 2.34 bits per heavy atom. The number of fused-ring (bicyclic) bond motifs is 14. The zero-order chi connectivity index (χ0) is 51.0. The van der Waals surface area contributed by atoms with E-state index in [1.54, 1.807) is 55.2 Å². The fraction of sp³-hybridized carbons (Fsp3) is 0.451. The minimum absolute atomic E-state index is 0.0503. The quantitative estimate of drug-likeness (QED) is 0.195. The molecule has 0 saturated carbocycles. The molecule has 0 spiro atoms. The molecule has 1 fully saturated rings. The maximum atomic E-state index is 14.8. The van der Waals surface area contributed by atoms with Gasteiger partial charge in [0.25, 0.3) is 17.6 Å². The predicted molar refractivity (Wildman–Crippen MR) is 250 cm³/mol. The van der Waals surface area contributed by atoms with Gasteiger partial charge in [-0.3, -0.25) is 24.0 Å². The van der Waals surface area contributed by atoms with Crippen LogP contribution >= 0.6 is 0 Å². The maximum Gasteiger partial charge on any atom is 0.312 e. The summed E-state index contributed by atoms with van der Waals surface area (Å²) in [5, 5.41) is 57.4. The fourth-order valence-corrected chi connectivity index (χ4v) is 9.48. The molecule has 5 heterocycles. The number of nitrogens with zero attached hydrogens (tertiary/aromatic N) is 2. The Bertz CT molecular complexity index is 2700. The number of methoxy groups -OCH3 is 2. The highest BCUT2D eigenvalue weighted by Crippen LogP contribution is 2.49. The lowest BCUT2D eigenvalue weighted by molar-refractivity contribution is -0.173. The number of ketones is 3. The van der Waals surface area contributed by atoms with E-state index in [-0.39, 0.29) is 66.8 Å². The molecule has 2 aromatic carbocycles. The monoisotopic (exact) mass is 968 g/mol. The van der Waals surface area contributed by atoms with Crippen LogP contribution in [-0.4, -0.2) is 130 Å². The second-order valence-corrected chi connectivity index (χ2v) is 18.3. The Balaban J connectivity index is 1.29. The number of morpholine rings is 1. The summed E-state index contributed by atoms with van der Waals surface area (Å²) in [7, 11) is 2.84. The third kappa shape index (κ3) is 9.14. The van der Waals surface area contributed by atoms with Crippen molar-refractivity contribution >= 4 is 29.2 Å². The number of rotatable bonds is 7. The topological polar surface area (TPSA) is 266 Å². The third-order valence-corrected chi connectivity index (χ3v) is 14.0. The van der Waals surface area contributed by atoms with Crippen LogP contribution in [0.5, 0.6) is 17.2 Å². The number of ether oxygens (including phenoxy) is 5. The number of nitrogens with one attached hydrogen (secondary N) is 2. The lowest BCUT2D eigenvalue weighted by atomic mass is 9.69. The molecular formula is C51H60N4O15. The number of allylic oxidation sites excluding steroid dienone is 4. The second-order valence-electron chi connectivity index (χ2n) is 18.3. The molecule has 19 nitrogen and oxygen atoms in total. The largest absolute Gasteiger partial charge is 0.507 e. The predicted octanol–water partition coefficient (Wildman–Crippen LogP) is 4.07. The molecule has 2 amide bonds. The lowest BCUT2D eigenvalue weighted by Gasteiger charge is -2.43. The molecule has 70 heavy (non-hydrogen) atoms. The van der Waals surface area contributed by atoms with Gasteiger partial charge in [-0.05, 0) is 32.1 Å². The zero-order valence-corrected chi connectivity index (χ0v) is 40.5. The first-order valence-electron chi connectivity index (χ1n) is 23.0. The lowest BCUT2D eigenvalue weighted by Crippen LogP contribution is -2.61. The van der Waals surface area contributed by atoms with Gasteiger partial charge in [0.15, 0.2) is 11.4 Å². The van der Waals surface area contributed by atoms with Gasteiger partial charge in [-0.1, -0.05) is 63.2 Å². The number of phenolic OH excluding ortho intramolecular Hbond substituents is 1. The number of para-hydroxylation sites is 1. The van der Waals surface area contributed by atoms with Crippen molar-refractivity contribution in [3.63, 3.8) is 0 Å². The molecule has 374 valence electrons. The number of hydrogen-bond donors (Lipinski definition) is 6. The molecule has 9 atom stereocenters. The van der Waals surface area contributed by atoms with Gasteiger partial charge in [0, 0.05) is 73.6 Å². The average Bonchev–Trinajstić information content (AvgIpc) is 3.94. The van der Waals surface area contributed by atoms with E-state index in [0.29, 0.717) is 17.0 Å². The van der Waals surface area contributed by atoms with Crippen LogP contribution in [0.25, 0.3) is 11.3 Å². The van der Waals surface area contributed by atoms with Crippen LogP contribution in [0.1, 0.15) is 83.9 Å². The molecule has 1 aliphatic carbocycles. The minimum Gasteiger partial charge on any atom is -0.507 e. The first-order valence-corrected chi connectivity index (χ1v) is 23.0. The Hall–Kier alpha value is -6.64. The number of amides is 2. The standard InChI is InChI=1S/C51H60N4O15/c1-25-13-12-14-26(2)48(62)53-39-40(55-18-21-67-22-19-55)45(60)36-37(44(39)59)43(58)28(4)46-38(36)47(61)50(7,69-46)68-20-17-34(65-8)29(5)51(64,30(6)42(57)27(3)41(25)56)49(63)52-24-31-23-33(54-70-31)32-15-10-11-16-35(32)66-9/h10-17,20,23,25,27,29-30,34,41-42,56-58,64H,18-19,21-22,24H2,1-9H3,(H,52,63)(H,53,62)/b13-12+,20-17+,26-14-/t25-,27+,29?,30+,34-,41-,42+,50-,51+/m0/s1. The number of aliphatic hydroxyl groups is 3. The summed E-state index contributed by atoms with van der Waals surface area (Å²) >= 11 is 0. The molecule has 1 aromatic heterocycles. The molecule has 19 heteroatoms. The van der Waals surface area contributed by atoms with Crippen molar-refractivity contribution in [2.24, 2.45) is 23.7 Å². The highest BCUT2D eigenvalue weighted by molar-refractivity contribution is 6.32. The highest BCUT2D eigenvalue weighted by atomic mass is 16.7. The summed E-state index contributed by atoms with van der Waals surface area (Å²) in [5.41, 5.74) is -3.20. The molecule has 1 unspecified atom stereocenters. The van der Waals surface area contributed by atoms with Crippen LogP contribution in [0, 0.1) is 30.6 Å². The van der Waals surface area contributed by atoms with E-state index in [1.165, 1.54) is 67.1 Å². The number of carbonyl (C=O) groups is 5. The van der Waals surface area contributed by atoms with Gasteiger partial charge in [-0.15, -0.1) is 0 Å². The van der Waals surface area contributed by atoms with Gasteiger partial charge in [-0.25, -0.2) is 0 Å². The van der Waals surface area contributed by atoms with E-state index in [2.05, 4.69) is 15.8 Å². The Labute approximate surface area is 404 Å². The van der Waals surface area contributed by atoms with Crippen LogP contribution in [0.15, 0.2) is 82.4 Å². The van der Waals surface area contributed by atoms with Crippen LogP contribution < -0.4 is 20.1 Å². The summed E-state index contributed by atoms with van der Waals surface area (Å²) in [6, 6.07) is 8.75. The van der Waals surface area contributed by atoms with Crippen molar-refractivity contribution in [3.8, 4) is 28.5 Å². The number of carbonyl (C=O) groups excluding carboxylic acids is 5. The highest BCUT2D eigenvalue weighted by Gasteiger charge is 2.55. The Morgan fingerprint density at radius 1 is 0.957 bits per heavy atom. The van der Waals surface area contributed by atoms with Gasteiger partial charge >= 0.3 is 5.79 Å². The summed E-state index contributed by atoms with van der Waals surface area (Å²) in [6.07, 6.45) is 2.98. The van der Waals surface area contributed by atoms with Gasteiger partial charge in [0.05, 0.1) is 68.1 Å². The van der Waals surface area contributed by atoms with Crippen molar-refractivity contribution in [1.82, 2.24) is 20.7 Å². The van der Waals surface area contributed by atoms with E-state index in [0.717, 1.165) is 6.26 Å². The van der Waals surface area contributed by atoms with E-state index < -0.39 is 105 Å². The molecule has 0 radical (unpaired) electrons. The summed E-state index contributed by atoms with van der Waals surface area (Å²) in [5.74, 6) is -10.7. The van der Waals surface area contributed by atoms with Gasteiger partial charge in [-0.2, -0.15) is 0 Å². The first-order chi connectivity index (χ1) is 33.2. The fourth-order valence-electron chi connectivity index (χ4n) is 9.48. The number of aromatic nitrogens is 1. The second kappa shape index (κ2) is 20.4. The van der Waals surface area contributed by atoms with Crippen LogP contribution in [0.2, 0.25) is 0 Å². The normalized spacial score (nSPS) is 30.5. The van der Waals surface area contributed by atoms with Gasteiger partial charge < -0.3 is 64.2 Å². The summed E-state index contributed by atoms with van der Waals surface area (Å²) in [6.45, 7) is 10.8. The summed E-state index contributed by atoms with van der Waals surface area (Å²) in [4.78, 5) is 74.0. The average molecular weight is 969 g/mol. The number of hydrogen-bond acceptors (Lipinski definition) is 17. The SMILES string of the molecule is COc1ccccc1-c1cc(CNC(=O)[C@@]2(O)C(C)[C@@H](OC)/C=C/O[C@@]3(C)Oc4c(C)c(O)c5c(c4C3=O)C(=O)C(N3CCOCC3)=C(NC(=O)/C(C)=C\C=C\[C@H](C)[C@H](O)[C@@H](C)[C@@H](O)[C@H]2C)C5=O)on1. The molecule has 5 bridgehead atoms. The van der Waals surface area contributed by atoms with Crippen molar-refractivity contribution in [2.45, 2.75) is 84.7 Å². The number of aliphatic hydroxyl groups excluding tert-OH is 2.